The Balaban J connectivity index is 1.62. The van der Waals surface area contributed by atoms with Crippen LogP contribution in [0.15, 0.2) is 83.3 Å². The summed E-state index contributed by atoms with van der Waals surface area (Å²) < 4.78 is 11.0. The van der Waals surface area contributed by atoms with E-state index in [0.717, 1.165) is 5.56 Å². The Morgan fingerprint density at radius 1 is 0.900 bits per heavy atom. The first-order valence-electron chi connectivity index (χ1n) is 9.45. The van der Waals surface area contributed by atoms with Crippen LogP contribution in [0, 0.1) is 0 Å². The Hall–Kier alpha value is -4.06. The van der Waals surface area contributed by atoms with Crippen LogP contribution in [0.1, 0.15) is 16.1 Å². The van der Waals surface area contributed by atoms with E-state index in [1.807, 2.05) is 42.5 Å². The molecule has 0 atom stereocenters. The van der Waals surface area contributed by atoms with Gasteiger partial charge in [0.25, 0.3) is 5.91 Å². The molecule has 0 aliphatic rings. The molecule has 1 heterocycles. The lowest BCUT2D eigenvalue weighted by molar-refractivity contribution is -0.115. The van der Waals surface area contributed by atoms with Gasteiger partial charge in [0, 0.05) is 17.1 Å². The minimum Gasteiger partial charge on any atom is -0.497 e. The number of nitrogens with one attached hydrogen (secondary N) is 2. The van der Waals surface area contributed by atoms with Crippen molar-refractivity contribution >= 4 is 34.2 Å². The van der Waals surface area contributed by atoms with Gasteiger partial charge in [0.2, 0.25) is 11.7 Å². The number of rotatable bonds is 6. The molecule has 0 saturated carbocycles. The molecule has 2 N–H and O–H groups in total. The first-order valence-corrected chi connectivity index (χ1v) is 9.45. The van der Waals surface area contributed by atoms with Gasteiger partial charge in [0.05, 0.1) is 13.5 Å². The van der Waals surface area contributed by atoms with Crippen molar-refractivity contribution in [3.8, 4) is 5.75 Å². The van der Waals surface area contributed by atoms with E-state index in [9.17, 15) is 9.59 Å². The van der Waals surface area contributed by atoms with Crippen molar-refractivity contribution in [2.45, 2.75) is 6.42 Å². The summed E-state index contributed by atoms with van der Waals surface area (Å²) in [5.74, 6) is -0.0353. The number of fused-ring (bicyclic) bond motifs is 1. The fraction of sp³-hybridized carbons (Fsp3) is 0.0833. The summed E-state index contributed by atoms with van der Waals surface area (Å²) in [6, 6.07) is 23.6. The minimum absolute atomic E-state index is 0.0421. The molecule has 30 heavy (non-hydrogen) atoms. The number of para-hydroxylation sites is 1. The van der Waals surface area contributed by atoms with Crippen molar-refractivity contribution in [3.05, 3.63) is 90.2 Å². The van der Waals surface area contributed by atoms with Gasteiger partial charge in [-0.25, -0.2) is 0 Å². The second-order valence-corrected chi connectivity index (χ2v) is 6.70. The normalized spacial score (nSPS) is 10.6. The lowest BCUT2D eigenvalue weighted by Gasteiger charge is -2.08. The number of hydrogen-bond donors (Lipinski definition) is 2. The van der Waals surface area contributed by atoms with E-state index < -0.39 is 5.91 Å². The first kappa shape index (κ1) is 19.3. The van der Waals surface area contributed by atoms with E-state index in [1.165, 1.54) is 0 Å². The number of furan rings is 1. The molecule has 0 bridgehead atoms. The van der Waals surface area contributed by atoms with Gasteiger partial charge in [-0.3, -0.25) is 9.59 Å². The highest BCUT2D eigenvalue weighted by molar-refractivity contribution is 6.14. The van der Waals surface area contributed by atoms with Crippen LogP contribution in [0.4, 0.5) is 11.4 Å². The summed E-state index contributed by atoms with van der Waals surface area (Å²) >= 11 is 0. The summed E-state index contributed by atoms with van der Waals surface area (Å²) in [7, 11) is 1.56. The van der Waals surface area contributed by atoms with Crippen LogP contribution in [0.3, 0.4) is 0 Å². The quantitative estimate of drug-likeness (QED) is 0.484. The molecule has 0 unspecified atom stereocenters. The number of methoxy groups -OCH3 is 1. The fourth-order valence-corrected chi connectivity index (χ4v) is 3.18. The van der Waals surface area contributed by atoms with Crippen LogP contribution in [0.2, 0.25) is 0 Å². The van der Waals surface area contributed by atoms with Crippen molar-refractivity contribution < 1.29 is 18.7 Å². The molecule has 4 rings (SSSR count). The molecule has 0 aliphatic carbocycles. The standard InChI is InChI=1S/C24H20N2O4/c1-29-18-11-7-10-17(15-18)25-24(28)23-22(19-12-5-6-13-20(19)30-23)26-21(27)14-16-8-3-2-4-9-16/h2-13,15H,14H2,1H3,(H,25,28)(H,26,27). The molecule has 1 aromatic heterocycles. The second kappa shape index (κ2) is 8.53. The third kappa shape index (κ3) is 4.17. The molecule has 0 spiro atoms. The van der Waals surface area contributed by atoms with Crippen molar-refractivity contribution in [2.24, 2.45) is 0 Å². The van der Waals surface area contributed by atoms with E-state index >= 15 is 0 Å². The second-order valence-electron chi connectivity index (χ2n) is 6.70. The smallest absolute Gasteiger partial charge is 0.293 e. The predicted molar refractivity (Wildman–Crippen MR) is 116 cm³/mol. The van der Waals surface area contributed by atoms with E-state index in [-0.39, 0.29) is 18.1 Å². The topological polar surface area (TPSA) is 80.6 Å². The van der Waals surface area contributed by atoms with Crippen molar-refractivity contribution in [3.63, 3.8) is 0 Å². The summed E-state index contributed by atoms with van der Waals surface area (Å²) in [6.07, 6.45) is 0.192. The third-order valence-corrected chi connectivity index (χ3v) is 4.60. The highest BCUT2D eigenvalue weighted by atomic mass is 16.5. The molecule has 0 saturated heterocycles. The van der Waals surface area contributed by atoms with Crippen LogP contribution in [0.5, 0.6) is 5.75 Å². The fourth-order valence-electron chi connectivity index (χ4n) is 3.18. The number of hydrogen-bond acceptors (Lipinski definition) is 4. The average molecular weight is 400 g/mol. The number of amides is 2. The molecule has 6 nitrogen and oxygen atoms in total. The van der Waals surface area contributed by atoms with Crippen LogP contribution in [-0.2, 0) is 11.2 Å². The van der Waals surface area contributed by atoms with Crippen LogP contribution >= 0.6 is 0 Å². The molecule has 0 fully saturated rings. The Morgan fingerprint density at radius 2 is 1.67 bits per heavy atom. The highest BCUT2D eigenvalue weighted by Gasteiger charge is 2.22. The Kier molecular flexibility index (Phi) is 5.48. The van der Waals surface area contributed by atoms with Crippen LogP contribution in [-0.4, -0.2) is 18.9 Å². The Labute approximate surface area is 173 Å². The maximum absolute atomic E-state index is 12.9. The van der Waals surface area contributed by atoms with E-state index in [0.29, 0.717) is 28.1 Å². The molecule has 0 radical (unpaired) electrons. The lowest BCUT2D eigenvalue weighted by Crippen LogP contribution is -2.18. The van der Waals surface area contributed by atoms with Gasteiger partial charge >= 0.3 is 0 Å². The molecule has 6 heteroatoms. The first-order chi connectivity index (χ1) is 14.6. The monoisotopic (exact) mass is 400 g/mol. The van der Waals surface area contributed by atoms with Crippen LogP contribution < -0.4 is 15.4 Å². The van der Waals surface area contributed by atoms with Crippen molar-refractivity contribution in [2.75, 3.05) is 17.7 Å². The predicted octanol–water partition coefficient (Wildman–Crippen LogP) is 4.87. The van der Waals surface area contributed by atoms with Gasteiger partial charge < -0.3 is 19.8 Å². The molecule has 0 aliphatic heterocycles. The molecular formula is C24H20N2O4. The largest absolute Gasteiger partial charge is 0.497 e. The molecule has 150 valence electrons. The summed E-state index contributed by atoms with van der Waals surface area (Å²) in [5.41, 5.74) is 2.31. The van der Waals surface area contributed by atoms with Gasteiger partial charge in [-0.05, 0) is 29.8 Å². The van der Waals surface area contributed by atoms with Crippen LogP contribution in [0.25, 0.3) is 11.0 Å². The van der Waals surface area contributed by atoms with Crippen molar-refractivity contribution in [1.82, 2.24) is 0 Å². The minimum atomic E-state index is -0.463. The van der Waals surface area contributed by atoms with E-state index in [1.54, 1.807) is 43.5 Å². The van der Waals surface area contributed by atoms with E-state index in [2.05, 4.69) is 10.6 Å². The molecule has 4 aromatic rings. The van der Waals surface area contributed by atoms with Gasteiger partial charge in [-0.1, -0.05) is 48.5 Å². The zero-order valence-corrected chi connectivity index (χ0v) is 16.3. The lowest BCUT2D eigenvalue weighted by atomic mass is 10.1. The third-order valence-electron chi connectivity index (χ3n) is 4.60. The van der Waals surface area contributed by atoms with Crippen molar-refractivity contribution in [1.29, 1.82) is 0 Å². The number of ether oxygens (including phenoxy) is 1. The van der Waals surface area contributed by atoms with Gasteiger partial charge in [-0.2, -0.15) is 0 Å². The summed E-state index contributed by atoms with van der Waals surface area (Å²) in [4.78, 5) is 25.6. The Bertz CT molecular complexity index is 1200. The number of carbonyl (C=O) groups excluding carboxylic acids is 2. The summed E-state index contributed by atoms with van der Waals surface area (Å²) in [6.45, 7) is 0. The zero-order valence-electron chi connectivity index (χ0n) is 16.3. The average Bonchev–Trinajstić information content (AvgIpc) is 3.13. The number of benzene rings is 3. The van der Waals surface area contributed by atoms with Gasteiger partial charge in [0.15, 0.2) is 0 Å². The number of carbonyl (C=O) groups is 2. The molecule has 3 aromatic carbocycles. The molecule has 2 amide bonds. The van der Waals surface area contributed by atoms with Gasteiger partial charge in [0.1, 0.15) is 17.0 Å². The number of anilines is 2. The maximum Gasteiger partial charge on any atom is 0.293 e. The summed E-state index contributed by atoms with van der Waals surface area (Å²) in [5, 5.41) is 6.31. The Morgan fingerprint density at radius 3 is 2.47 bits per heavy atom. The maximum atomic E-state index is 12.9. The molecular weight excluding hydrogens is 380 g/mol. The SMILES string of the molecule is COc1cccc(NC(=O)c2oc3ccccc3c2NC(=O)Cc2ccccc2)c1. The van der Waals surface area contributed by atoms with Gasteiger partial charge in [-0.15, -0.1) is 0 Å². The van der Waals surface area contributed by atoms with E-state index in [4.69, 9.17) is 9.15 Å². The zero-order chi connectivity index (χ0) is 20.9. The highest BCUT2D eigenvalue weighted by Crippen LogP contribution is 2.32.